The second-order valence-electron chi connectivity index (χ2n) is 4.99. The second kappa shape index (κ2) is 7.65. The van der Waals surface area contributed by atoms with Crippen LogP contribution in [-0.4, -0.2) is 27.5 Å². The average molecular weight is 369 g/mol. The van der Waals surface area contributed by atoms with Gasteiger partial charge in [0.15, 0.2) is 0 Å². The summed E-state index contributed by atoms with van der Waals surface area (Å²) in [5, 5.41) is 3.02. The number of carbonyl (C=O) groups is 1. The summed E-state index contributed by atoms with van der Waals surface area (Å²) < 4.78 is 31.9. The van der Waals surface area contributed by atoms with Crippen LogP contribution in [0.1, 0.15) is 6.92 Å². The van der Waals surface area contributed by atoms with E-state index in [4.69, 9.17) is 16.3 Å². The molecule has 2 rings (SSSR count). The van der Waals surface area contributed by atoms with Crippen molar-refractivity contribution in [3.05, 3.63) is 53.6 Å². The van der Waals surface area contributed by atoms with Gasteiger partial charge in [-0.15, -0.1) is 0 Å². The van der Waals surface area contributed by atoms with E-state index in [2.05, 4.69) is 10.0 Å². The Morgan fingerprint density at radius 3 is 2.46 bits per heavy atom. The Bertz CT molecular complexity index is 825. The number of amides is 1. The van der Waals surface area contributed by atoms with E-state index in [1.807, 2.05) is 0 Å². The number of sulfonamides is 1. The molecular weight excluding hydrogens is 352 g/mol. The van der Waals surface area contributed by atoms with Gasteiger partial charge in [-0.05, 0) is 37.3 Å². The lowest BCUT2D eigenvalue weighted by Gasteiger charge is -2.16. The van der Waals surface area contributed by atoms with Crippen molar-refractivity contribution in [2.75, 3.05) is 12.4 Å². The number of halogens is 1. The van der Waals surface area contributed by atoms with Gasteiger partial charge >= 0.3 is 0 Å². The third kappa shape index (κ3) is 4.47. The highest BCUT2D eigenvalue weighted by Gasteiger charge is 2.22. The Kier molecular flexibility index (Phi) is 5.82. The minimum Gasteiger partial charge on any atom is -0.495 e. The number of ether oxygens (including phenoxy) is 1. The molecule has 0 radical (unpaired) electrons. The van der Waals surface area contributed by atoms with Gasteiger partial charge < -0.3 is 10.1 Å². The van der Waals surface area contributed by atoms with Crippen LogP contribution in [0.15, 0.2) is 53.4 Å². The van der Waals surface area contributed by atoms with Crippen molar-refractivity contribution in [3.8, 4) is 5.75 Å². The van der Waals surface area contributed by atoms with E-state index >= 15 is 0 Å². The van der Waals surface area contributed by atoms with Crippen LogP contribution >= 0.6 is 11.6 Å². The predicted molar refractivity (Wildman–Crippen MR) is 92.9 cm³/mol. The van der Waals surface area contributed by atoms with E-state index in [0.29, 0.717) is 16.5 Å². The van der Waals surface area contributed by atoms with Crippen LogP contribution in [0.2, 0.25) is 5.02 Å². The third-order valence-electron chi connectivity index (χ3n) is 3.20. The number of nitrogens with one attached hydrogen (secondary N) is 2. The summed E-state index contributed by atoms with van der Waals surface area (Å²) in [6, 6.07) is 11.6. The zero-order valence-electron chi connectivity index (χ0n) is 13.1. The van der Waals surface area contributed by atoms with Crippen LogP contribution in [0.3, 0.4) is 0 Å². The van der Waals surface area contributed by atoms with Crippen molar-refractivity contribution in [2.45, 2.75) is 17.9 Å². The lowest BCUT2D eigenvalue weighted by Crippen LogP contribution is -2.41. The molecule has 2 aromatic carbocycles. The molecule has 0 unspecified atom stereocenters. The number of anilines is 1. The first-order chi connectivity index (χ1) is 11.3. The van der Waals surface area contributed by atoms with Crippen molar-refractivity contribution in [3.63, 3.8) is 0 Å². The molecule has 0 saturated carbocycles. The first-order valence-corrected chi connectivity index (χ1v) is 8.91. The molecule has 6 nitrogen and oxygen atoms in total. The molecule has 0 spiro atoms. The quantitative estimate of drug-likeness (QED) is 0.820. The maximum atomic E-state index is 12.3. The fourth-order valence-corrected chi connectivity index (χ4v) is 3.37. The maximum Gasteiger partial charge on any atom is 0.242 e. The molecule has 0 fully saturated rings. The summed E-state index contributed by atoms with van der Waals surface area (Å²) >= 11 is 5.90. The number of methoxy groups -OCH3 is 1. The van der Waals surface area contributed by atoms with E-state index < -0.39 is 22.0 Å². The molecule has 128 valence electrons. The summed E-state index contributed by atoms with van der Waals surface area (Å²) in [7, 11) is -2.33. The van der Waals surface area contributed by atoms with Gasteiger partial charge in [0.2, 0.25) is 15.9 Å². The van der Waals surface area contributed by atoms with Crippen molar-refractivity contribution >= 4 is 33.2 Å². The van der Waals surface area contributed by atoms with Gasteiger partial charge in [-0.1, -0.05) is 29.8 Å². The maximum absolute atomic E-state index is 12.3. The Hall–Kier alpha value is -2.09. The van der Waals surface area contributed by atoms with Crippen molar-refractivity contribution in [2.24, 2.45) is 0 Å². The molecule has 0 heterocycles. The molecule has 0 bridgehead atoms. The fraction of sp³-hybridized carbons (Fsp3) is 0.188. The molecule has 0 aliphatic rings. The number of carbonyl (C=O) groups excluding carboxylic acids is 1. The van der Waals surface area contributed by atoms with E-state index in [1.165, 1.54) is 32.2 Å². The zero-order valence-corrected chi connectivity index (χ0v) is 14.7. The molecule has 0 aromatic heterocycles. The van der Waals surface area contributed by atoms with Crippen molar-refractivity contribution < 1.29 is 17.9 Å². The van der Waals surface area contributed by atoms with Crippen LogP contribution in [-0.2, 0) is 14.8 Å². The molecule has 1 amide bonds. The first kappa shape index (κ1) is 18.3. The van der Waals surface area contributed by atoms with Gasteiger partial charge in [0.1, 0.15) is 5.75 Å². The lowest BCUT2D eigenvalue weighted by molar-refractivity contribution is -0.117. The highest BCUT2D eigenvalue weighted by Crippen LogP contribution is 2.27. The molecule has 2 N–H and O–H groups in total. The standard InChI is InChI=1S/C16H17ClN2O4S/c1-11(19-24(21,22)13-6-4-3-5-7-13)16(20)18-14-10-12(17)8-9-15(14)23-2/h3-11,19H,1-2H3,(H,18,20)/t11-/m0/s1. The summed E-state index contributed by atoms with van der Waals surface area (Å²) in [5.74, 6) is -0.110. The molecule has 1 atom stereocenters. The predicted octanol–water partition coefficient (Wildman–Crippen LogP) is 2.65. The number of rotatable bonds is 6. The minimum absolute atomic E-state index is 0.0880. The average Bonchev–Trinajstić information content (AvgIpc) is 2.55. The van der Waals surface area contributed by atoms with Gasteiger partial charge in [0.25, 0.3) is 0 Å². The molecule has 8 heteroatoms. The second-order valence-corrected chi connectivity index (χ2v) is 7.14. The Balaban J connectivity index is 2.12. The topological polar surface area (TPSA) is 84.5 Å². The van der Waals surface area contributed by atoms with E-state index in [-0.39, 0.29) is 4.90 Å². The largest absolute Gasteiger partial charge is 0.495 e. The highest BCUT2D eigenvalue weighted by atomic mass is 35.5. The minimum atomic E-state index is -3.79. The smallest absolute Gasteiger partial charge is 0.242 e. The monoisotopic (exact) mass is 368 g/mol. The molecule has 0 aliphatic heterocycles. The van der Waals surface area contributed by atoms with Crippen LogP contribution in [0.5, 0.6) is 5.75 Å². The molecule has 24 heavy (non-hydrogen) atoms. The fourth-order valence-electron chi connectivity index (χ4n) is 1.97. The lowest BCUT2D eigenvalue weighted by atomic mass is 10.2. The normalized spacial score (nSPS) is 12.5. The number of hydrogen-bond donors (Lipinski definition) is 2. The first-order valence-electron chi connectivity index (χ1n) is 7.05. The van der Waals surface area contributed by atoms with Crippen LogP contribution in [0.4, 0.5) is 5.69 Å². The summed E-state index contributed by atoms with van der Waals surface area (Å²) in [6.07, 6.45) is 0. The number of hydrogen-bond acceptors (Lipinski definition) is 4. The SMILES string of the molecule is COc1ccc(Cl)cc1NC(=O)[C@H](C)NS(=O)(=O)c1ccccc1. The zero-order chi connectivity index (χ0) is 17.7. The van der Waals surface area contributed by atoms with Gasteiger partial charge in [-0.2, -0.15) is 4.72 Å². The van der Waals surface area contributed by atoms with Crippen LogP contribution in [0, 0.1) is 0 Å². The van der Waals surface area contributed by atoms with Gasteiger partial charge in [0, 0.05) is 5.02 Å². The van der Waals surface area contributed by atoms with Crippen molar-refractivity contribution in [1.29, 1.82) is 0 Å². The van der Waals surface area contributed by atoms with Gasteiger partial charge in [-0.25, -0.2) is 8.42 Å². The van der Waals surface area contributed by atoms with Gasteiger partial charge in [0.05, 0.1) is 23.7 Å². The van der Waals surface area contributed by atoms with Crippen LogP contribution in [0.25, 0.3) is 0 Å². The van der Waals surface area contributed by atoms with Crippen molar-refractivity contribution in [1.82, 2.24) is 4.72 Å². The molecule has 0 saturated heterocycles. The van der Waals surface area contributed by atoms with Crippen LogP contribution < -0.4 is 14.8 Å². The van der Waals surface area contributed by atoms with E-state index in [1.54, 1.807) is 30.3 Å². The summed E-state index contributed by atoms with van der Waals surface area (Å²) in [4.78, 5) is 12.4. The molecule has 0 aliphatic carbocycles. The highest BCUT2D eigenvalue weighted by molar-refractivity contribution is 7.89. The Morgan fingerprint density at radius 1 is 1.17 bits per heavy atom. The third-order valence-corrected chi connectivity index (χ3v) is 4.99. The van der Waals surface area contributed by atoms with E-state index in [9.17, 15) is 13.2 Å². The van der Waals surface area contributed by atoms with E-state index in [0.717, 1.165) is 0 Å². The summed E-state index contributed by atoms with van der Waals surface area (Å²) in [5.41, 5.74) is 0.362. The summed E-state index contributed by atoms with van der Waals surface area (Å²) in [6.45, 7) is 1.45. The Morgan fingerprint density at radius 2 is 1.83 bits per heavy atom. The Labute approximate surface area is 145 Å². The molecular formula is C16H17ClN2O4S. The number of benzene rings is 2. The van der Waals surface area contributed by atoms with Gasteiger partial charge in [-0.3, -0.25) is 4.79 Å². The molecule has 2 aromatic rings.